The van der Waals surface area contributed by atoms with E-state index in [1.807, 2.05) is 0 Å². The van der Waals surface area contributed by atoms with Crippen LogP contribution in [0.2, 0.25) is 23.7 Å². The topological polar surface area (TPSA) is 32.8 Å². The zero-order valence-electron chi connectivity index (χ0n) is 12.2. The Morgan fingerprint density at radius 1 is 1.28 bits per heavy atom. The van der Waals surface area contributed by atoms with Gasteiger partial charge in [-0.05, 0) is 17.0 Å². The fraction of sp³-hybridized carbons (Fsp3) is 0.929. The summed E-state index contributed by atoms with van der Waals surface area (Å²) in [7, 11) is -1.45. The summed E-state index contributed by atoms with van der Waals surface area (Å²) < 4.78 is 5.63. The lowest BCUT2D eigenvalue weighted by molar-refractivity contribution is -0.129. The van der Waals surface area contributed by atoms with Gasteiger partial charge in [0.2, 0.25) is 5.91 Å². The number of piperidine rings is 1. The first kappa shape index (κ1) is 12.7. The molecule has 0 spiro atoms. The molecular formula is C14H25NO2Si. The van der Waals surface area contributed by atoms with Crippen LogP contribution >= 0.6 is 0 Å². The van der Waals surface area contributed by atoms with E-state index in [0.717, 1.165) is 19.4 Å². The molecule has 0 saturated carbocycles. The van der Waals surface area contributed by atoms with Gasteiger partial charge in [0.05, 0.1) is 14.2 Å². The average Bonchev–Trinajstić information content (AvgIpc) is 2.92. The van der Waals surface area contributed by atoms with Gasteiger partial charge in [-0.3, -0.25) is 4.79 Å². The monoisotopic (exact) mass is 267 g/mol. The first-order valence-electron chi connectivity index (χ1n) is 7.17. The quantitative estimate of drug-likeness (QED) is 0.540. The van der Waals surface area contributed by atoms with E-state index in [9.17, 15) is 4.79 Å². The molecule has 0 bridgehead atoms. The first-order valence-corrected chi connectivity index (χ1v) is 10.2. The summed E-state index contributed by atoms with van der Waals surface area (Å²) in [4.78, 5) is 14.4. The Hall–Kier alpha value is -0.353. The van der Waals surface area contributed by atoms with Crippen molar-refractivity contribution in [3.05, 3.63) is 0 Å². The first-order chi connectivity index (χ1) is 8.22. The average molecular weight is 267 g/mol. The summed E-state index contributed by atoms with van der Waals surface area (Å²) in [6.45, 7) is 12.9. The molecule has 102 valence electrons. The van der Waals surface area contributed by atoms with Gasteiger partial charge >= 0.3 is 0 Å². The summed E-state index contributed by atoms with van der Waals surface area (Å²) in [5, 5.41) is 0.356. The van der Waals surface area contributed by atoms with Crippen molar-refractivity contribution in [1.82, 2.24) is 4.90 Å². The fourth-order valence-corrected chi connectivity index (χ4v) is 6.72. The number of carbonyl (C=O) groups excluding carboxylic acids is 1. The van der Waals surface area contributed by atoms with Crippen molar-refractivity contribution in [2.75, 3.05) is 6.54 Å². The number of ether oxygens (including phenoxy) is 1. The molecule has 4 atom stereocenters. The number of carbonyl (C=O) groups is 1. The largest absolute Gasteiger partial charge is 0.368 e. The maximum atomic E-state index is 12.2. The summed E-state index contributed by atoms with van der Waals surface area (Å²) in [6, 6.07) is 0.474. The van der Waals surface area contributed by atoms with Crippen molar-refractivity contribution in [2.24, 2.45) is 0 Å². The highest BCUT2D eigenvalue weighted by atomic mass is 28.3. The van der Waals surface area contributed by atoms with Crippen molar-refractivity contribution in [3.63, 3.8) is 0 Å². The maximum absolute atomic E-state index is 12.2. The molecule has 3 heterocycles. The summed E-state index contributed by atoms with van der Waals surface area (Å²) >= 11 is 0. The maximum Gasteiger partial charge on any atom is 0.222 e. The van der Waals surface area contributed by atoms with E-state index in [0.29, 0.717) is 34.7 Å². The third-order valence-corrected chi connectivity index (χ3v) is 12.3. The fourth-order valence-electron chi connectivity index (χ4n) is 3.64. The van der Waals surface area contributed by atoms with Crippen LogP contribution in [0.5, 0.6) is 0 Å². The van der Waals surface area contributed by atoms with E-state index < -0.39 is 8.07 Å². The Kier molecular flexibility index (Phi) is 2.53. The van der Waals surface area contributed by atoms with Gasteiger partial charge in [0.15, 0.2) is 0 Å². The van der Waals surface area contributed by atoms with Crippen LogP contribution in [0.1, 0.15) is 33.6 Å². The molecule has 4 heteroatoms. The van der Waals surface area contributed by atoms with Crippen LogP contribution in [0.3, 0.4) is 0 Å². The van der Waals surface area contributed by atoms with Crippen molar-refractivity contribution in [3.8, 4) is 0 Å². The lowest BCUT2D eigenvalue weighted by Gasteiger charge is -2.45. The Bertz CT molecular complexity index is 388. The molecule has 3 nitrogen and oxygen atoms in total. The standard InChI is InChI=1S/C14H25NO2Si/c1-14(2,3)18(4,5)12-7-13(16)15-8-11-10(17-11)6-9(12)15/h9-12H,6-8H2,1-5H3/t9-,10-,11+,12-/m1/s1. The second kappa shape index (κ2) is 3.60. The summed E-state index contributed by atoms with van der Waals surface area (Å²) in [5.41, 5.74) is 0.607. The number of nitrogens with zero attached hydrogens (tertiary/aromatic N) is 1. The molecule has 1 amide bonds. The highest BCUT2D eigenvalue weighted by Gasteiger charge is 2.58. The predicted molar refractivity (Wildman–Crippen MR) is 74.3 cm³/mol. The van der Waals surface area contributed by atoms with Gasteiger partial charge < -0.3 is 9.64 Å². The Balaban J connectivity index is 1.87. The molecule has 0 unspecified atom stereocenters. The molecule has 3 aliphatic rings. The van der Waals surface area contributed by atoms with Crippen LogP contribution in [-0.2, 0) is 9.53 Å². The molecule has 0 radical (unpaired) electrons. The van der Waals surface area contributed by atoms with Crippen LogP contribution < -0.4 is 0 Å². The molecular weight excluding hydrogens is 242 g/mol. The summed E-state index contributed by atoms with van der Waals surface area (Å²) in [6.07, 6.45) is 2.71. The molecule has 0 aromatic rings. The van der Waals surface area contributed by atoms with Gasteiger partial charge in [-0.25, -0.2) is 0 Å². The van der Waals surface area contributed by atoms with Gasteiger partial charge in [-0.1, -0.05) is 33.9 Å². The van der Waals surface area contributed by atoms with E-state index in [2.05, 4.69) is 38.8 Å². The number of epoxide rings is 1. The smallest absolute Gasteiger partial charge is 0.222 e. The van der Waals surface area contributed by atoms with Crippen LogP contribution in [0, 0.1) is 0 Å². The van der Waals surface area contributed by atoms with Gasteiger partial charge in [-0.2, -0.15) is 0 Å². The molecule has 0 aliphatic carbocycles. The second-order valence-corrected chi connectivity index (χ2v) is 13.5. The molecule has 0 aromatic heterocycles. The molecule has 3 fully saturated rings. The Morgan fingerprint density at radius 3 is 2.56 bits per heavy atom. The normalized spacial score (nSPS) is 39.6. The Labute approximate surface area is 111 Å². The molecule has 0 aromatic carbocycles. The predicted octanol–water partition coefficient (Wildman–Crippen LogP) is 2.64. The number of hydrogen-bond acceptors (Lipinski definition) is 2. The SMILES string of the molecule is CC(C)(C)[Si](C)(C)[C@@H]1CC(=O)N2C[C@@H]3O[C@@H]3C[C@H]12. The highest BCUT2D eigenvalue weighted by molar-refractivity contribution is 6.82. The highest BCUT2D eigenvalue weighted by Crippen LogP contribution is 2.53. The van der Waals surface area contributed by atoms with Crippen LogP contribution in [0.25, 0.3) is 0 Å². The van der Waals surface area contributed by atoms with Crippen molar-refractivity contribution in [1.29, 1.82) is 0 Å². The van der Waals surface area contributed by atoms with Crippen molar-refractivity contribution < 1.29 is 9.53 Å². The molecule has 3 aliphatic heterocycles. The van der Waals surface area contributed by atoms with E-state index in [1.165, 1.54) is 0 Å². The summed E-state index contributed by atoms with van der Waals surface area (Å²) in [5.74, 6) is 0.378. The number of amides is 1. The minimum atomic E-state index is -1.45. The van der Waals surface area contributed by atoms with E-state index >= 15 is 0 Å². The lowest BCUT2D eigenvalue weighted by Crippen LogP contribution is -2.50. The Morgan fingerprint density at radius 2 is 1.94 bits per heavy atom. The van der Waals surface area contributed by atoms with Crippen LogP contribution in [0.4, 0.5) is 0 Å². The zero-order valence-corrected chi connectivity index (χ0v) is 13.2. The zero-order chi connectivity index (χ0) is 13.3. The van der Waals surface area contributed by atoms with Gasteiger partial charge in [0.25, 0.3) is 0 Å². The number of hydrogen-bond donors (Lipinski definition) is 0. The van der Waals surface area contributed by atoms with E-state index in [1.54, 1.807) is 0 Å². The van der Waals surface area contributed by atoms with E-state index in [4.69, 9.17) is 4.74 Å². The number of fused-ring (bicyclic) bond motifs is 2. The van der Waals surface area contributed by atoms with Crippen LogP contribution in [-0.4, -0.2) is 43.7 Å². The molecule has 0 N–H and O–H groups in total. The van der Waals surface area contributed by atoms with Gasteiger partial charge in [-0.15, -0.1) is 0 Å². The van der Waals surface area contributed by atoms with Crippen molar-refractivity contribution >= 4 is 14.0 Å². The van der Waals surface area contributed by atoms with Crippen molar-refractivity contribution in [2.45, 2.75) is 75.5 Å². The van der Waals surface area contributed by atoms with Gasteiger partial charge in [0.1, 0.15) is 6.10 Å². The minimum Gasteiger partial charge on any atom is -0.368 e. The van der Waals surface area contributed by atoms with Crippen LogP contribution in [0.15, 0.2) is 0 Å². The minimum absolute atomic E-state index is 0.356. The number of rotatable bonds is 1. The molecule has 3 saturated heterocycles. The second-order valence-electron chi connectivity index (χ2n) is 7.84. The molecule has 3 rings (SSSR count). The lowest BCUT2D eigenvalue weighted by atomic mass is 10.0. The van der Waals surface area contributed by atoms with Gasteiger partial charge in [0, 0.05) is 19.0 Å². The molecule has 18 heavy (non-hydrogen) atoms. The third-order valence-electron chi connectivity index (χ3n) is 5.98. The third kappa shape index (κ3) is 1.68. The van der Waals surface area contributed by atoms with E-state index in [-0.39, 0.29) is 0 Å².